The molecule has 2 rings (SSSR count). The van der Waals surface area contributed by atoms with Crippen molar-refractivity contribution in [3.63, 3.8) is 0 Å². The summed E-state index contributed by atoms with van der Waals surface area (Å²) in [7, 11) is -3.43. The Kier molecular flexibility index (Phi) is 3.76. The molecule has 1 aliphatic rings. The van der Waals surface area contributed by atoms with Gasteiger partial charge in [-0.3, -0.25) is 4.98 Å². The molecule has 2 heterocycles. The highest BCUT2D eigenvalue weighted by Crippen LogP contribution is 2.14. The molecular formula is C11H17N3O2S. The van der Waals surface area contributed by atoms with Gasteiger partial charge in [0.25, 0.3) is 0 Å². The Hall–Kier alpha value is -0.980. The maximum absolute atomic E-state index is 12.1. The summed E-state index contributed by atoms with van der Waals surface area (Å²) in [5, 5.41) is 3.24. The van der Waals surface area contributed by atoms with Crippen molar-refractivity contribution in [2.24, 2.45) is 5.92 Å². The van der Waals surface area contributed by atoms with Crippen LogP contribution in [-0.2, 0) is 10.0 Å². The Bertz CT molecular complexity index is 461. The van der Waals surface area contributed by atoms with Gasteiger partial charge >= 0.3 is 0 Å². The van der Waals surface area contributed by atoms with Crippen molar-refractivity contribution in [2.75, 3.05) is 13.1 Å². The van der Waals surface area contributed by atoms with Crippen LogP contribution in [-0.4, -0.2) is 32.5 Å². The molecule has 1 aromatic rings. The normalized spacial score (nSPS) is 25.7. The van der Waals surface area contributed by atoms with Crippen LogP contribution in [0, 0.1) is 5.92 Å². The van der Waals surface area contributed by atoms with Crippen LogP contribution in [0.15, 0.2) is 29.4 Å². The van der Waals surface area contributed by atoms with Gasteiger partial charge in [-0.15, -0.1) is 0 Å². The number of nitrogens with one attached hydrogen (secondary N) is 2. The Morgan fingerprint density at radius 2 is 2.35 bits per heavy atom. The Morgan fingerprint density at radius 1 is 1.53 bits per heavy atom. The molecule has 1 saturated heterocycles. The third-order valence-electron chi connectivity index (χ3n) is 3.04. The van der Waals surface area contributed by atoms with Gasteiger partial charge in [0, 0.05) is 18.4 Å². The van der Waals surface area contributed by atoms with E-state index in [-0.39, 0.29) is 10.9 Å². The number of hydrogen-bond donors (Lipinski definition) is 2. The van der Waals surface area contributed by atoms with E-state index < -0.39 is 10.0 Å². The molecule has 6 heteroatoms. The lowest BCUT2D eigenvalue weighted by atomic mass is 9.97. The van der Waals surface area contributed by atoms with Crippen LogP contribution in [0.3, 0.4) is 0 Å². The molecule has 0 spiro atoms. The van der Waals surface area contributed by atoms with Crippen LogP contribution < -0.4 is 10.0 Å². The lowest BCUT2D eigenvalue weighted by molar-refractivity contribution is 0.328. The van der Waals surface area contributed by atoms with Crippen LogP contribution in [0.4, 0.5) is 0 Å². The summed E-state index contributed by atoms with van der Waals surface area (Å²) in [6.45, 7) is 3.74. The maximum atomic E-state index is 12.1. The van der Waals surface area contributed by atoms with E-state index in [1.54, 1.807) is 18.3 Å². The minimum absolute atomic E-state index is 0.00135. The smallest absolute Gasteiger partial charge is 0.242 e. The first-order valence-corrected chi connectivity index (χ1v) is 7.21. The van der Waals surface area contributed by atoms with Gasteiger partial charge in [-0.1, -0.05) is 6.92 Å². The standard InChI is InChI=1S/C11H17N3O2S/c1-9-7-13-6-4-11(9)14-17(15,16)10-3-2-5-12-8-10/h2-3,5,8-9,11,13-14H,4,6-7H2,1H3. The lowest BCUT2D eigenvalue weighted by Crippen LogP contribution is -2.48. The molecule has 2 unspecified atom stereocenters. The van der Waals surface area contributed by atoms with Crippen molar-refractivity contribution in [1.29, 1.82) is 0 Å². The Morgan fingerprint density at radius 3 is 3.00 bits per heavy atom. The summed E-state index contributed by atoms with van der Waals surface area (Å²) in [4.78, 5) is 4.06. The zero-order valence-corrected chi connectivity index (χ0v) is 10.6. The van der Waals surface area contributed by atoms with E-state index in [2.05, 4.69) is 15.0 Å². The summed E-state index contributed by atoms with van der Waals surface area (Å²) in [5.41, 5.74) is 0. The van der Waals surface area contributed by atoms with Crippen LogP contribution in [0.1, 0.15) is 13.3 Å². The van der Waals surface area contributed by atoms with Gasteiger partial charge in [0.05, 0.1) is 0 Å². The molecule has 0 aromatic carbocycles. The minimum Gasteiger partial charge on any atom is -0.316 e. The number of hydrogen-bond acceptors (Lipinski definition) is 4. The van der Waals surface area contributed by atoms with E-state index in [1.807, 2.05) is 6.92 Å². The van der Waals surface area contributed by atoms with Crippen molar-refractivity contribution < 1.29 is 8.42 Å². The van der Waals surface area contributed by atoms with E-state index >= 15 is 0 Å². The second-order valence-electron chi connectivity index (χ2n) is 4.39. The zero-order valence-electron chi connectivity index (χ0n) is 9.76. The van der Waals surface area contributed by atoms with Gasteiger partial charge in [-0.25, -0.2) is 13.1 Å². The first-order valence-electron chi connectivity index (χ1n) is 5.72. The first-order chi connectivity index (χ1) is 8.09. The molecule has 1 aliphatic heterocycles. The van der Waals surface area contributed by atoms with Crippen LogP contribution in [0.2, 0.25) is 0 Å². The van der Waals surface area contributed by atoms with Crippen molar-refractivity contribution in [2.45, 2.75) is 24.3 Å². The SMILES string of the molecule is CC1CNCCC1NS(=O)(=O)c1cccnc1. The fourth-order valence-electron chi connectivity index (χ4n) is 1.96. The highest BCUT2D eigenvalue weighted by Gasteiger charge is 2.26. The molecule has 1 fully saturated rings. The summed E-state index contributed by atoms with van der Waals surface area (Å²) < 4.78 is 26.9. The Balaban J connectivity index is 2.12. The molecule has 0 radical (unpaired) electrons. The summed E-state index contributed by atoms with van der Waals surface area (Å²) in [5.74, 6) is 0.301. The van der Waals surface area contributed by atoms with Crippen LogP contribution in [0.5, 0.6) is 0 Å². The fourth-order valence-corrected chi connectivity index (χ4v) is 3.30. The average molecular weight is 255 g/mol. The van der Waals surface area contributed by atoms with E-state index in [9.17, 15) is 8.42 Å². The predicted molar refractivity (Wildman–Crippen MR) is 65.0 cm³/mol. The molecular weight excluding hydrogens is 238 g/mol. The monoisotopic (exact) mass is 255 g/mol. The molecule has 0 bridgehead atoms. The van der Waals surface area contributed by atoms with Gasteiger partial charge in [-0.05, 0) is 37.6 Å². The van der Waals surface area contributed by atoms with Gasteiger partial charge in [0.15, 0.2) is 0 Å². The fraction of sp³-hybridized carbons (Fsp3) is 0.545. The second-order valence-corrected chi connectivity index (χ2v) is 6.10. The van der Waals surface area contributed by atoms with E-state index in [0.29, 0.717) is 5.92 Å². The summed E-state index contributed by atoms with van der Waals surface area (Å²) in [6.07, 6.45) is 3.75. The quantitative estimate of drug-likeness (QED) is 0.818. The summed E-state index contributed by atoms with van der Waals surface area (Å²) in [6, 6.07) is 3.18. The van der Waals surface area contributed by atoms with Crippen molar-refractivity contribution in [1.82, 2.24) is 15.0 Å². The Labute approximate surface area is 102 Å². The number of piperidine rings is 1. The number of aromatic nitrogens is 1. The minimum atomic E-state index is -3.43. The maximum Gasteiger partial charge on any atom is 0.242 e. The highest BCUT2D eigenvalue weighted by molar-refractivity contribution is 7.89. The third kappa shape index (κ3) is 3.02. The second kappa shape index (κ2) is 5.12. The molecule has 0 amide bonds. The number of sulfonamides is 1. The number of nitrogens with zero attached hydrogens (tertiary/aromatic N) is 1. The van der Waals surface area contributed by atoms with Gasteiger partial charge in [0.2, 0.25) is 10.0 Å². The number of rotatable bonds is 3. The molecule has 2 atom stereocenters. The molecule has 94 valence electrons. The molecule has 0 aliphatic carbocycles. The molecule has 2 N–H and O–H groups in total. The largest absolute Gasteiger partial charge is 0.316 e. The van der Waals surface area contributed by atoms with Crippen LogP contribution >= 0.6 is 0 Å². The molecule has 17 heavy (non-hydrogen) atoms. The van der Waals surface area contributed by atoms with E-state index in [0.717, 1.165) is 19.5 Å². The lowest BCUT2D eigenvalue weighted by Gasteiger charge is -2.29. The topological polar surface area (TPSA) is 71.1 Å². The zero-order chi connectivity index (χ0) is 12.3. The van der Waals surface area contributed by atoms with E-state index in [1.165, 1.54) is 6.20 Å². The molecule has 5 nitrogen and oxygen atoms in total. The van der Waals surface area contributed by atoms with Gasteiger partial charge in [-0.2, -0.15) is 0 Å². The number of pyridine rings is 1. The highest BCUT2D eigenvalue weighted by atomic mass is 32.2. The van der Waals surface area contributed by atoms with Crippen LogP contribution in [0.25, 0.3) is 0 Å². The van der Waals surface area contributed by atoms with Crippen molar-refractivity contribution in [3.8, 4) is 0 Å². The summed E-state index contributed by atoms with van der Waals surface area (Å²) >= 11 is 0. The molecule has 0 saturated carbocycles. The predicted octanol–water partition coefficient (Wildman–Crippen LogP) is 0.358. The average Bonchev–Trinajstić information content (AvgIpc) is 2.33. The van der Waals surface area contributed by atoms with E-state index in [4.69, 9.17) is 0 Å². The van der Waals surface area contributed by atoms with Crippen molar-refractivity contribution in [3.05, 3.63) is 24.5 Å². The van der Waals surface area contributed by atoms with Crippen molar-refractivity contribution >= 4 is 10.0 Å². The van der Waals surface area contributed by atoms with Gasteiger partial charge in [0.1, 0.15) is 4.90 Å². The third-order valence-corrected chi connectivity index (χ3v) is 4.51. The first kappa shape index (κ1) is 12.5. The van der Waals surface area contributed by atoms with Gasteiger partial charge < -0.3 is 5.32 Å². The molecule has 1 aromatic heterocycles.